The number of carboxylic acids is 2. The molecule has 0 aromatic rings. The minimum absolute atomic E-state index is 0.0762. The first-order chi connectivity index (χ1) is 13.8. The van der Waals surface area contributed by atoms with Crippen molar-refractivity contribution in [3.05, 3.63) is 12.7 Å². The molecule has 29 heavy (non-hydrogen) atoms. The van der Waals surface area contributed by atoms with E-state index >= 15 is 0 Å². The van der Waals surface area contributed by atoms with Crippen LogP contribution in [0.4, 0.5) is 0 Å². The standard InChI is InChI=1S/C15H28O2.C8H12O4/c1-5-9-11-13(7-3)12-14(10-6-2)17-15(16)8-4;9-7(10)5-1-2-6(4-3-5)8(11)12/h8,13-14H,4-7,9-12H2,1-3H3;5-6H,1-4H2,(H,9,10)(H,11,12). The van der Waals surface area contributed by atoms with Crippen LogP contribution in [0.3, 0.4) is 0 Å². The molecule has 0 aliphatic heterocycles. The lowest BCUT2D eigenvalue weighted by atomic mass is 9.82. The minimum atomic E-state index is -0.793. The molecule has 6 nitrogen and oxygen atoms in total. The van der Waals surface area contributed by atoms with Gasteiger partial charge in [0, 0.05) is 6.08 Å². The summed E-state index contributed by atoms with van der Waals surface area (Å²) in [5, 5.41) is 17.2. The summed E-state index contributed by atoms with van der Waals surface area (Å²) in [7, 11) is 0. The second-order valence-electron chi connectivity index (χ2n) is 7.93. The number of carbonyl (C=O) groups excluding carboxylic acids is 1. The van der Waals surface area contributed by atoms with Crippen LogP contribution < -0.4 is 0 Å². The van der Waals surface area contributed by atoms with Gasteiger partial charge in [0.2, 0.25) is 0 Å². The van der Waals surface area contributed by atoms with Crippen molar-refractivity contribution in [3.63, 3.8) is 0 Å². The SMILES string of the molecule is C=CC(=O)OC(CCC)CC(CC)CCCC.O=C(O)C1CCC(C(=O)O)CC1. The molecule has 0 spiro atoms. The van der Waals surface area contributed by atoms with Crippen molar-refractivity contribution in [2.24, 2.45) is 17.8 Å². The second kappa shape index (κ2) is 16.0. The third kappa shape index (κ3) is 12.3. The van der Waals surface area contributed by atoms with E-state index in [1.807, 2.05) is 0 Å². The first kappa shape index (κ1) is 27.1. The van der Waals surface area contributed by atoms with Crippen LogP contribution in [0, 0.1) is 17.8 Å². The van der Waals surface area contributed by atoms with E-state index in [0.717, 1.165) is 19.3 Å². The van der Waals surface area contributed by atoms with Gasteiger partial charge in [0.1, 0.15) is 6.10 Å². The zero-order chi connectivity index (χ0) is 22.2. The van der Waals surface area contributed by atoms with Crippen molar-refractivity contribution < 1.29 is 29.3 Å². The summed E-state index contributed by atoms with van der Waals surface area (Å²) in [6.45, 7) is 10.0. The van der Waals surface area contributed by atoms with E-state index in [0.29, 0.717) is 31.6 Å². The van der Waals surface area contributed by atoms with Gasteiger partial charge in [-0.1, -0.05) is 59.5 Å². The Bertz CT molecular complexity index is 472. The lowest BCUT2D eigenvalue weighted by Crippen LogP contribution is -2.25. The maximum atomic E-state index is 11.2. The number of ether oxygens (including phenoxy) is 1. The molecule has 0 aromatic heterocycles. The van der Waals surface area contributed by atoms with Crippen LogP contribution in [0.2, 0.25) is 0 Å². The van der Waals surface area contributed by atoms with E-state index in [1.54, 1.807) is 0 Å². The molecular formula is C23H40O6. The summed E-state index contributed by atoms with van der Waals surface area (Å²) < 4.78 is 5.40. The molecule has 0 saturated heterocycles. The summed E-state index contributed by atoms with van der Waals surface area (Å²) in [4.78, 5) is 32.2. The topological polar surface area (TPSA) is 101 Å². The van der Waals surface area contributed by atoms with Crippen LogP contribution in [-0.4, -0.2) is 34.2 Å². The lowest BCUT2D eigenvalue weighted by Gasteiger charge is -2.22. The molecule has 168 valence electrons. The molecule has 0 radical (unpaired) electrons. The van der Waals surface area contributed by atoms with Gasteiger partial charge in [-0.3, -0.25) is 9.59 Å². The van der Waals surface area contributed by atoms with Gasteiger partial charge in [-0.15, -0.1) is 0 Å². The van der Waals surface area contributed by atoms with Crippen molar-refractivity contribution >= 4 is 17.9 Å². The molecule has 1 saturated carbocycles. The summed E-state index contributed by atoms with van der Waals surface area (Å²) in [6, 6.07) is 0. The Hall–Kier alpha value is -1.85. The summed E-state index contributed by atoms with van der Waals surface area (Å²) in [5.74, 6) is -1.82. The van der Waals surface area contributed by atoms with Crippen LogP contribution in [-0.2, 0) is 19.1 Å². The van der Waals surface area contributed by atoms with Crippen molar-refractivity contribution in [2.45, 2.75) is 97.5 Å². The maximum absolute atomic E-state index is 11.2. The molecule has 1 fully saturated rings. The molecule has 0 aromatic carbocycles. The quantitative estimate of drug-likeness (QED) is 0.326. The molecule has 2 N–H and O–H groups in total. The lowest BCUT2D eigenvalue weighted by molar-refractivity contribution is -0.148. The Balaban J connectivity index is 0.000000571. The number of hydrogen-bond acceptors (Lipinski definition) is 4. The fourth-order valence-electron chi connectivity index (χ4n) is 3.70. The average Bonchev–Trinajstić information content (AvgIpc) is 2.71. The number of carbonyl (C=O) groups is 3. The van der Waals surface area contributed by atoms with Gasteiger partial charge >= 0.3 is 17.9 Å². The van der Waals surface area contributed by atoms with E-state index in [9.17, 15) is 14.4 Å². The number of esters is 1. The zero-order valence-corrected chi connectivity index (χ0v) is 18.4. The Labute approximate surface area is 175 Å². The Kier molecular flexibility index (Phi) is 15.0. The van der Waals surface area contributed by atoms with Crippen LogP contribution in [0.5, 0.6) is 0 Å². The number of hydrogen-bond donors (Lipinski definition) is 2. The van der Waals surface area contributed by atoms with Crippen molar-refractivity contribution in [1.29, 1.82) is 0 Å². The van der Waals surface area contributed by atoms with Crippen LogP contribution >= 0.6 is 0 Å². The van der Waals surface area contributed by atoms with Crippen LogP contribution in [0.15, 0.2) is 12.7 Å². The van der Waals surface area contributed by atoms with Gasteiger partial charge in [-0.2, -0.15) is 0 Å². The van der Waals surface area contributed by atoms with E-state index in [2.05, 4.69) is 27.4 Å². The van der Waals surface area contributed by atoms with Gasteiger partial charge in [-0.05, 0) is 44.4 Å². The molecular weight excluding hydrogens is 372 g/mol. The first-order valence-electron chi connectivity index (χ1n) is 11.1. The first-order valence-corrected chi connectivity index (χ1v) is 11.1. The van der Waals surface area contributed by atoms with Gasteiger partial charge in [0.15, 0.2) is 0 Å². The van der Waals surface area contributed by atoms with Crippen molar-refractivity contribution in [2.75, 3.05) is 0 Å². The molecule has 0 heterocycles. The molecule has 6 heteroatoms. The van der Waals surface area contributed by atoms with Gasteiger partial charge < -0.3 is 14.9 Å². The number of unbranched alkanes of at least 4 members (excludes halogenated alkanes) is 1. The summed E-state index contributed by atoms with van der Waals surface area (Å²) in [5.41, 5.74) is 0. The molecule has 1 aliphatic rings. The Morgan fingerprint density at radius 2 is 1.48 bits per heavy atom. The zero-order valence-electron chi connectivity index (χ0n) is 18.4. The summed E-state index contributed by atoms with van der Waals surface area (Å²) in [6.07, 6.45) is 11.3. The smallest absolute Gasteiger partial charge is 0.330 e. The normalized spacial score (nSPS) is 20.5. The minimum Gasteiger partial charge on any atom is -0.481 e. The summed E-state index contributed by atoms with van der Waals surface area (Å²) >= 11 is 0. The van der Waals surface area contributed by atoms with Crippen LogP contribution in [0.25, 0.3) is 0 Å². The highest BCUT2D eigenvalue weighted by molar-refractivity contribution is 5.81. The molecule has 0 amide bonds. The van der Waals surface area contributed by atoms with Gasteiger partial charge in [-0.25, -0.2) is 4.79 Å². The second-order valence-corrected chi connectivity index (χ2v) is 7.93. The van der Waals surface area contributed by atoms with E-state index in [1.165, 1.54) is 31.8 Å². The van der Waals surface area contributed by atoms with E-state index < -0.39 is 11.9 Å². The van der Waals surface area contributed by atoms with Gasteiger partial charge in [0.05, 0.1) is 11.8 Å². The van der Waals surface area contributed by atoms with Crippen molar-refractivity contribution in [1.82, 2.24) is 0 Å². The maximum Gasteiger partial charge on any atom is 0.330 e. The molecule has 1 rings (SSSR count). The molecule has 1 aliphatic carbocycles. The fourth-order valence-corrected chi connectivity index (χ4v) is 3.70. The average molecular weight is 413 g/mol. The monoisotopic (exact) mass is 412 g/mol. The molecule has 0 bridgehead atoms. The Morgan fingerprint density at radius 3 is 1.83 bits per heavy atom. The highest BCUT2D eigenvalue weighted by atomic mass is 16.5. The Morgan fingerprint density at radius 1 is 0.966 bits per heavy atom. The third-order valence-corrected chi connectivity index (χ3v) is 5.63. The largest absolute Gasteiger partial charge is 0.481 e. The van der Waals surface area contributed by atoms with Crippen molar-refractivity contribution in [3.8, 4) is 0 Å². The number of aliphatic carboxylic acids is 2. The molecule has 2 atom stereocenters. The van der Waals surface area contributed by atoms with Gasteiger partial charge in [0.25, 0.3) is 0 Å². The third-order valence-electron chi connectivity index (χ3n) is 5.63. The number of rotatable bonds is 12. The fraction of sp³-hybridized carbons (Fsp3) is 0.783. The highest BCUT2D eigenvalue weighted by Gasteiger charge is 2.29. The van der Waals surface area contributed by atoms with E-state index in [4.69, 9.17) is 14.9 Å². The number of carboxylic acid groups (broad SMARTS) is 2. The molecule has 2 unspecified atom stereocenters. The predicted octanol–water partition coefficient (Wildman–Crippen LogP) is 5.45. The van der Waals surface area contributed by atoms with Crippen LogP contribution in [0.1, 0.15) is 91.4 Å². The predicted molar refractivity (Wildman–Crippen MR) is 114 cm³/mol. The highest BCUT2D eigenvalue weighted by Crippen LogP contribution is 2.28. The van der Waals surface area contributed by atoms with E-state index in [-0.39, 0.29) is 23.9 Å².